The predicted molar refractivity (Wildman–Crippen MR) is 59.2 cm³/mol. The summed E-state index contributed by atoms with van der Waals surface area (Å²) in [5, 5.41) is 2.59. The summed E-state index contributed by atoms with van der Waals surface area (Å²) in [6.45, 7) is -0.733. The standard InChI is InChI=1S/C9H9Cl2FN2O/c10-5-1-2-6(13)8(11)7(5)9(15)14-4-3-12/h1-2H,3-4,13H2,(H,14,15). The number of carbonyl (C=O) groups is 1. The van der Waals surface area contributed by atoms with E-state index in [0.29, 0.717) is 0 Å². The number of halogens is 3. The molecule has 0 saturated heterocycles. The van der Waals surface area contributed by atoms with E-state index in [1.165, 1.54) is 12.1 Å². The Bertz CT molecular complexity index is 385. The first-order chi connectivity index (χ1) is 7.07. The van der Waals surface area contributed by atoms with E-state index < -0.39 is 12.6 Å². The van der Waals surface area contributed by atoms with Gasteiger partial charge in [0.05, 0.1) is 21.3 Å². The lowest BCUT2D eigenvalue weighted by molar-refractivity contribution is 0.0951. The molecule has 1 aromatic rings. The summed E-state index contributed by atoms with van der Waals surface area (Å²) in [4.78, 5) is 11.5. The fraction of sp³-hybridized carbons (Fsp3) is 0.222. The van der Waals surface area contributed by atoms with E-state index in [1.807, 2.05) is 0 Å². The number of anilines is 1. The van der Waals surface area contributed by atoms with E-state index in [1.54, 1.807) is 0 Å². The summed E-state index contributed by atoms with van der Waals surface area (Å²) >= 11 is 11.6. The molecule has 1 amide bonds. The van der Waals surface area contributed by atoms with E-state index in [9.17, 15) is 9.18 Å². The van der Waals surface area contributed by atoms with Gasteiger partial charge in [0, 0.05) is 6.54 Å². The smallest absolute Gasteiger partial charge is 0.254 e. The van der Waals surface area contributed by atoms with E-state index in [4.69, 9.17) is 28.9 Å². The van der Waals surface area contributed by atoms with Crippen molar-refractivity contribution in [1.29, 1.82) is 0 Å². The summed E-state index contributed by atoms with van der Waals surface area (Å²) in [5.41, 5.74) is 5.84. The lowest BCUT2D eigenvalue weighted by Gasteiger charge is -2.08. The van der Waals surface area contributed by atoms with Crippen molar-refractivity contribution in [2.45, 2.75) is 0 Å². The van der Waals surface area contributed by atoms with E-state index in [-0.39, 0.29) is 27.8 Å². The molecule has 0 bridgehead atoms. The van der Waals surface area contributed by atoms with Gasteiger partial charge in [0.25, 0.3) is 5.91 Å². The highest BCUT2D eigenvalue weighted by Gasteiger charge is 2.16. The molecule has 6 heteroatoms. The normalized spacial score (nSPS) is 10.1. The summed E-state index contributed by atoms with van der Waals surface area (Å²) in [6.07, 6.45) is 0. The average molecular weight is 251 g/mol. The van der Waals surface area contributed by atoms with Gasteiger partial charge in [0.1, 0.15) is 6.67 Å². The van der Waals surface area contributed by atoms with Crippen LogP contribution < -0.4 is 11.1 Å². The quantitative estimate of drug-likeness (QED) is 0.809. The van der Waals surface area contributed by atoms with Crippen LogP contribution >= 0.6 is 23.2 Å². The minimum absolute atomic E-state index is 0.0757. The van der Waals surface area contributed by atoms with Crippen molar-refractivity contribution >= 4 is 34.8 Å². The molecular weight excluding hydrogens is 242 g/mol. The molecule has 0 unspecified atom stereocenters. The minimum atomic E-state index is -0.650. The Labute approximate surface area is 96.3 Å². The van der Waals surface area contributed by atoms with Gasteiger partial charge in [-0.1, -0.05) is 23.2 Å². The second kappa shape index (κ2) is 5.19. The van der Waals surface area contributed by atoms with Crippen molar-refractivity contribution in [2.24, 2.45) is 0 Å². The number of nitrogens with two attached hydrogens (primary N) is 1. The van der Waals surface area contributed by atoms with E-state index in [2.05, 4.69) is 5.32 Å². The van der Waals surface area contributed by atoms with Gasteiger partial charge in [-0.05, 0) is 12.1 Å². The van der Waals surface area contributed by atoms with E-state index >= 15 is 0 Å². The van der Waals surface area contributed by atoms with Crippen LogP contribution in [0.25, 0.3) is 0 Å². The Hall–Kier alpha value is -1.00. The number of amides is 1. The average Bonchev–Trinajstić information content (AvgIpc) is 2.21. The molecule has 0 aliphatic heterocycles. The Kier molecular flexibility index (Phi) is 4.17. The summed E-state index contributed by atoms with van der Waals surface area (Å²) in [5.74, 6) is -0.532. The predicted octanol–water partition coefficient (Wildman–Crippen LogP) is 2.27. The minimum Gasteiger partial charge on any atom is -0.398 e. The molecule has 0 aliphatic rings. The summed E-state index contributed by atoms with van der Waals surface area (Å²) in [6, 6.07) is 2.96. The number of hydrogen-bond acceptors (Lipinski definition) is 2. The summed E-state index contributed by atoms with van der Waals surface area (Å²) < 4.78 is 11.8. The van der Waals surface area contributed by atoms with Gasteiger partial charge in [-0.25, -0.2) is 4.39 Å². The molecule has 0 saturated carbocycles. The fourth-order valence-corrected chi connectivity index (χ4v) is 1.57. The molecule has 0 aliphatic carbocycles. The topological polar surface area (TPSA) is 55.1 Å². The fourth-order valence-electron chi connectivity index (χ4n) is 1.03. The second-order valence-corrected chi connectivity index (χ2v) is 3.56. The van der Waals surface area contributed by atoms with Crippen molar-refractivity contribution in [3.63, 3.8) is 0 Å². The van der Waals surface area contributed by atoms with Gasteiger partial charge in [-0.3, -0.25) is 4.79 Å². The van der Waals surface area contributed by atoms with Crippen molar-refractivity contribution in [3.05, 3.63) is 27.7 Å². The monoisotopic (exact) mass is 250 g/mol. The maximum Gasteiger partial charge on any atom is 0.254 e. The first-order valence-corrected chi connectivity index (χ1v) is 4.91. The van der Waals surface area contributed by atoms with Crippen LogP contribution in [0.1, 0.15) is 10.4 Å². The molecule has 1 rings (SSSR count). The van der Waals surface area contributed by atoms with Gasteiger partial charge >= 0.3 is 0 Å². The summed E-state index contributed by atoms with van der Waals surface area (Å²) in [7, 11) is 0. The van der Waals surface area contributed by atoms with Crippen LogP contribution in [0.5, 0.6) is 0 Å². The van der Waals surface area contributed by atoms with Gasteiger partial charge in [-0.2, -0.15) is 0 Å². The molecule has 15 heavy (non-hydrogen) atoms. The van der Waals surface area contributed by atoms with Crippen LogP contribution in [0.15, 0.2) is 12.1 Å². The highest BCUT2D eigenvalue weighted by atomic mass is 35.5. The third kappa shape index (κ3) is 2.73. The number of nitrogens with one attached hydrogen (secondary N) is 1. The molecule has 1 aromatic carbocycles. The van der Waals surface area contributed by atoms with Crippen LogP contribution in [0.4, 0.5) is 10.1 Å². The zero-order valence-electron chi connectivity index (χ0n) is 7.69. The van der Waals surface area contributed by atoms with Gasteiger partial charge in [-0.15, -0.1) is 0 Å². The van der Waals surface area contributed by atoms with Crippen LogP contribution in [-0.2, 0) is 0 Å². The molecule has 0 atom stereocenters. The molecule has 0 radical (unpaired) electrons. The number of benzene rings is 1. The Balaban J connectivity index is 3.02. The first kappa shape index (κ1) is 12.1. The molecule has 0 aromatic heterocycles. The number of rotatable bonds is 3. The van der Waals surface area contributed by atoms with Gasteiger partial charge in [0.2, 0.25) is 0 Å². The van der Waals surface area contributed by atoms with Crippen molar-refractivity contribution in [2.75, 3.05) is 19.0 Å². The van der Waals surface area contributed by atoms with Crippen molar-refractivity contribution in [1.82, 2.24) is 5.32 Å². The molecule has 0 heterocycles. The molecule has 3 nitrogen and oxygen atoms in total. The highest BCUT2D eigenvalue weighted by molar-refractivity contribution is 6.41. The highest BCUT2D eigenvalue weighted by Crippen LogP contribution is 2.29. The maximum atomic E-state index is 11.8. The number of nitrogen functional groups attached to an aromatic ring is 1. The van der Waals surface area contributed by atoms with Crippen molar-refractivity contribution in [3.8, 4) is 0 Å². The van der Waals surface area contributed by atoms with Crippen LogP contribution in [0, 0.1) is 0 Å². The Morgan fingerprint density at radius 1 is 1.47 bits per heavy atom. The molecule has 3 N–H and O–H groups in total. The lowest BCUT2D eigenvalue weighted by atomic mass is 10.2. The molecule has 82 valence electrons. The van der Waals surface area contributed by atoms with Gasteiger partial charge < -0.3 is 11.1 Å². The first-order valence-electron chi connectivity index (χ1n) is 4.15. The zero-order chi connectivity index (χ0) is 11.4. The zero-order valence-corrected chi connectivity index (χ0v) is 9.20. The van der Waals surface area contributed by atoms with Crippen molar-refractivity contribution < 1.29 is 9.18 Å². The number of hydrogen-bond donors (Lipinski definition) is 2. The maximum absolute atomic E-state index is 11.8. The van der Waals surface area contributed by atoms with Crippen LogP contribution in [0.3, 0.4) is 0 Å². The van der Waals surface area contributed by atoms with Gasteiger partial charge in [0.15, 0.2) is 0 Å². The molecule has 0 fully saturated rings. The SMILES string of the molecule is Nc1ccc(Cl)c(C(=O)NCCF)c1Cl. The molecular formula is C9H9Cl2FN2O. The third-order valence-corrected chi connectivity index (χ3v) is 2.45. The second-order valence-electron chi connectivity index (χ2n) is 2.77. The van der Waals surface area contributed by atoms with Crippen LogP contribution in [-0.4, -0.2) is 19.1 Å². The number of carbonyl (C=O) groups excluding carboxylic acids is 1. The van der Waals surface area contributed by atoms with E-state index in [0.717, 1.165) is 0 Å². The Morgan fingerprint density at radius 3 is 2.73 bits per heavy atom. The third-order valence-electron chi connectivity index (χ3n) is 1.73. The Morgan fingerprint density at radius 2 is 2.13 bits per heavy atom. The lowest BCUT2D eigenvalue weighted by Crippen LogP contribution is -2.26. The molecule has 0 spiro atoms. The largest absolute Gasteiger partial charge is 0.398 e. The van der Waals surface area contributed by atoms with Crippen LogP contribution in [0.2, 0.25) is 10.0 Å². The number of alkyl halides is 1.